The minimum atomic E-state index is -0.597. The standard InChI is InChI=1S/C13H13BrFN3O2S/c1-2-7-13(20)17-9(19)5-18(7)8-4-3-6(12(16)21)10(14)11(8)15/h3-4,7H,2,5H2,1H3,(H2,16,21)(H,17,19,20). The zero-order chi connectivity index (χ0) is 15.7. The number of hydrogen-bond acceptors (Lipinski definition) is 4. The molecule has 5 nitrogen and oxygen atoms in total. The van der Waals surface area contributed by atoms with Crippen molar-refractivity contribution in [3.8, 4) is 0 Å². The molecule has 3 N–H and O–H groups in total. The minimum Gasteiger partial charge on any atom is -0.389 e. The number of anilines is 1. The van der Waals surface area contributed by atoms with Crippen molar-refractivity contribution in [3.05, 3.63) is 28.0 Å². The fourth-order valence-electron chi connectivity index (χ4n) is 2.28. The van der Waals surface area contributed by atoms with Crippen LogP contribution in [-0.2, 0) is 9.59 Å². The van der Waals surface area contributed by atoms with Gasteiger partial charge in [-0.3, -0.25) is 14.9 Å². The number of hydrogen-bond donors (Lipinski definition) is 2. The Morgan fingerprint density at radius 3 is 2.81 bits per heavy atom. The van der Waals surface area contributed by atoms with E-state index in [1.165, 1.54) is 11.0 Å². The van der Waals surface area contributed by atoms with Crippen molar-refractivity contribution >= 4 is 50.6 Å². The van der Waals surface area contributed by atoms with E-state index in [0.717, 1.165) is 0 Å². The first kappa shape index (κ1) is 15.8. The Kier molecular flexibility index (Phi) is 4.58. The molecule has 1 aliphatic heterocycles. The van der Waals surface area contributed by atoms with Gasteiger partial charge < -0.3 is 10.6 Å². The fraction of sp³-hybridized carbons (Fsp3) is 0.308. The van der Waals surface area contributed by atoms with E-state index in [2.05, 4.69) is 21.2 Å². The molecule has 2 amide bonds. The average molecular weight is 374 g/mol. The van der Waals surface area contributed by atoms with Gasteiger partial charge in [0.2, 0.25) is 11.8 Å². The van der Waals surface area contributed by atoms with Crippen LogP contribution in [0.25, 0.3) is 0 Å². The van der Waals surface area contributed by atoms with Gasteiger partial charge in [-0.2, -0.15) is 0 Å². The number of piperazine rings is 1. The second kappa shape index (κ2) is 6.07. The summed E-state index contributed by atoms with van der Waals surface area (Å²) in [7, 11) is 0. The maximum Gasteiger partial charge on any atom is 0.249 e. The quantitative estimate of drug-likeness (QED) is 0.619. The Balaban J connectivity index is 2.49. The molecule has 1 heterocycles. The van der Waals surface area contributed by atoms with Crippen molar-refractivity contribution in [3.63, 3.8) is 0 Å². The first-order valence-electron chi connectivity index (χ1n) is 6.25. The highest BCUT2D eigenvalue weighted by Crippen LogP contribution is 2.31. The zero-order valence-corrected chi connectivity index (χ0v) is 13.6. The fourth-order valence-corrected chi connectivity index (χ4v) is 3.13. The van der Waals surface area contributed by atoms with Gasteiger partial charge in [0.25, 0.3) is 0 Å². The summed E-state index contributed by atoms with van der Waals surface area (Å²) in [5.74, 6) is -1.48. The molecule has 2 rings (SSSR count). The largest absolute Gasteiger partial charge is 0.389 e. The van der Waals surface area contributed by atoms with Crippen molar-refractivity contribution in [2.24, 2.45) is 5.73 Å². The Hall–Kier alpha value is -1.54. The first-order chi connectivity index (χ1) is 9.86. The molecular formula is C13H13BrFN3O2S. The Bertz CT molecular complexity index is 638. The van der Waals surface area contributed by atoms with Crippen molar-refractivity contribution < 1.29 is 14.0 Å². The van der Waals surface area contributed by atoms with Gasteiger partial charge in [-0.25, -0.2) is 4.39 Å². The Morgan fingerprint density at radius 1 is 1.57 bits per heavy atom. The summed E-state index contributed by atoms with van der Waals surface area (Å²) in [4.78, 5) is 24.9. The average Bonchev–Trinajstić information content (AvgIpc) is 2.40. The normalized spacial score (nSPS) is 18.6. The zero-order valence-electron chi connectivity index (χ0n) is 11.2. The van der Waals surface area contributed by atoms with E-state index < -0.39 is 23.7 Å². The van der Waals surface area contributed by atoms with E-state index in [1.54, 1.807) is 13.0 Å². The summed E-state index contributed by atoms with van der Waals surface area (Å²) in [6, 6.07) is 2.44. The smallest absolute Gasteiger partial charge is 0.249 e. The van der Waals surface area contributed by atoms with E-state index in [9.17, 15) is 14.0 Å². The monoisotopic (exact) mass is 373 g/mol. The molecule has 0 aliphatic carbocycles. The number of thiocarbonyl (C=S) groups is 1. The highest BCUT2D eigenvalue weighted by atomic mass is 79.9. The molecule has 1 saturated heterocycles. The van der Waals surface area contributed by atoms with Crippen LogP contribution in [0.1, 0.15) is 18.9 Å². The summed E-state index contributed by atoms with van der Waals surface area (Å²) in [6.45, 7) is 1.71. The number of nitrogens with zero attached hydrogens (tertiary/aromatic N) is 1. The number of nitrogens with two attached hydrogens (primary N) is 1. The Morgan fingerprint density at radius 2 is 2.24 bits per heavy atom. The van der Waals surface area contributed by atoms with Crippen LogP contribution >= 0.6 is 28.1 Å². The van der Waals surface area contributed by atoms with Crippen LogP contribution in [0.5, 0.6) is 0 Å². The van der Waals surface area contributed by atoms with E-state index in [1.807, 2.05) is 0 Å². The lowest BCUT2D eigenvalue weighted by atomic mass is 10.1. The van der Waals surface area contributed by atoms with Gasteiger partial charge in [0.15, 0.2) is 5.82 Å². The summed E-state index contributed by atoms with van der Waals surface area (Å²) in [6.07, 6.45) is 0.452. The highest BCUT2D eigenvalue weighted by molar-refractivity contribution is 9.10. The molecule has 0 saturated carbocycles. The molecule has 1 aromatic carbocycles. The molecule has 1 aliphatic rings. The van der Waals surface area contributed by atoms with Crippen LogP contribution in [-0.4, -0.2) is 29.4 Å². The van der Waals surface area contributed by atoms with Crippen LogP contribution in [0.2, 0.25) is 0 Å². The van der Waals surface area contributed by atoms with Crippen molar-refractivity contribution in [1.82, 2.24) is 5.32 Å². The number of carbonyl (C=O) groups is 2. The molecule has 112 valence electrons. The predicted octanol–water partition coefficient (Wildman–Crippen LogP) is 1.46. The van der Waals surface area contributed by atoms with Crippen LogP contribution in [0, 0.1) is 5.82 Å². The van der Waals surface area contributed by atoms with Crippen LogP contribution in [0.4, 0.5) is 10.1 Å². The van der Waals surface area contributed by atoms with Gasteiger partial charge in [-0.15, -0.1) is 0 Å². The first-order valence-corrected chi connectivity index (χ1v) is 7.45. The lowest BCUT2D eigenvalue weighted by molar-refractivity contribution is -0.132. The molecule has 0 aromatic heterocycles. The van der Waals surface area contributed by atoms with Crippen molar-refractivity contribution in [1.29, 1.82) is 0 Å². The summed E-state index contributed by atoms with van der Waals surface area (Å²) in [5.41, 5.74) is 6.04. The molecule has 8 heteroatoms. The van der Waals surface area contributed by atoms with Crippen molar-refractivity contribution in [2.75, 3.05) is 11.4 Å². The van der Waals surface area contributed by atoms with E-state index >= 15 is 0 Å². The summed E-state index contributed by atoms with van der Waals surface area (Å²) in [5, 5.41) is 2.25. The van der Waals surface area contributed by atoms with Crippen molar-refractivity contribution in [2.45, 2.75) is 19.4 Å². The molecule has 0 bridgehead atoms. The molecular weight excluding hydrogens is 361 g/mol. The number of rotatable bonds is 3. The molecule has 1 aromatic rings. The second-order valence-electron chi connectivity index (χ2n) is 4.59. The molecule has 1 fully saturated rings. The third-order valence-corrected chi connectivity index (χ3v) is 4.27. The number of carbonyl (C=O) groups excluding carboxylic acids is 2. The van der Waals surface area contributed by atoms with Gasteiger partial charge in [-0.05, 0) is 34.5 Å². The van der Waals surface area contributed by atoms with Gasteiger partial charge >= 0.3 is 0 Å². The van der Waals surface area contributed by atoms with E-state index in [0.29, 0.717) is 12.0 Å². The third-order valence-electron chi connectivity index (χ3n) is 3.28. The Labute approximate surface area is 134 Å². The maximum absolute atomic E-state index is 14.5. The number of benzene rings is 1. The van der Waals surface area contributed by atoms with Crippen LogP contribution < -0.4 is 16.0 Å². The van der Waals surface area contributed by atoms with Gasteiger partial charge in [-0.1, -0.05) is 19.1 Å². The van der Waals surface area contributed by atoms with E-state index in [-0.39, 0.29) is 21.7 Å². The lowest BCUT2D eigenvalue weighted by Crippen LogP contribution is -2.58. The van der Waals surface area contributed by atoms with E-state index in [4.69, 9.17) is 18.0 Å². The van der Waals surface area contributed by atoms with Gasteiger partial charge in [0, 0.05) is 5.56 Å². The predicted molar refractivity (Wildman–Crippen MR) is 84.6 cm³/mol. The summed E-state index contributed by atoms with van der Waals surface area (Å²) < 4.78 is 14.6. The summed E-state index contributed by atoms with van der Waals surface area (Å²) >= 11 is 7.96. The number of amides is 2. The molecule has 1 unspecified atom stereocenters. The SMILES string of the molecule is CCC1C(=O)NC(=O)CN1c1ccc(C(N)=S)c(Br)c1F. The highest BCUT2D eigenvalue weighted by Gasteiger charge is 2.34. The molecule has 0 radical (unpaired) electrons. The van der Waals surface area contributed by atoms with Gasteiger partial charge in [0.1, 0.15) is 11.0 Å². The number of halogens is 2. The molecule has 21 heavy (non-hydrogen) atoms. The van der Waals surface area contributed by atoms with Gasteiger partial charge in [0.05, 0.1) is 16.7 Å². The molecule has 0 spiro atoms. The van der Waals surface area contributed by atoms with Crippen LogP contribution in [0.15, 0.2) is 16.6 Å². The second-order valence-corrected chi connectivity index (χ2v) is 5.82. The van der Waals surface area contributed by atoms with Crippen LogP contribution in [0.3, 0.4) is 0 Å². The topological polar surface area (TPSA) is 75.4 Å². The minimum absolute atomic E-state index is 0.0619. The molecule has 1 atom stereocenters. The lowest BCUT2D eigenvalue weighted by Gasteiger charge is -2.35. The maximum atomic E-state index is 14.5. The number of imide groups is 1. The third kappa shape index (κ3) is 2.91. The number of nitrogens with one attached hydrogen (secondary N) is 1.